The number of carbonyl (C=O) groups excluding carboxylic acids is 1. The minimum absolute atomic E-state index is 0.118. The number of aromatic nitrogens is 2. The summed E-state index contributed by atoms with van der Waals surface area (Å²) >= 11 is 3.47. The van der Waals surface area contributed by atoms with Crippen molar-refractivity contribution >= 4 is 21.8 Å². The van der Waals surface area contributed by atoms with E-state index in [4.69, 9.17) is 0 Å². The van der Waals surface area contributed by atoms with Crippen LogP contribution in [0.3, 0.4) is 0 Å². The highest BCUT2D eigenvalue weighted by molar-refractivity contribution is 9.09. The highest BCUT2D eigenvalue weighted by Gasteiger charge is 2.29. The molecule has 0 N–H and O–H groups in total. The van der Waals surface area contributed by atoms with Gasteiger partial charge in [0, 0.05) is 31.2 Å². The van der Waals surface area contributed by atoms with E-state index < -0.39 is 0 Å². The molecule has 1 aliphatic heterocycles. The van der Waals surface area contributed by atoms with Crippen LogP contribution in [-0.2, 0) is 7.05 Å². The largest absolute Gasteiger partial charge is 0.335 e. The molecule has 0 aliphatic carbocycles. The van der Waals surface area contributed by atoms with Crippen molar-refractivity contribution in [2.75, 3.05) is 11.9 Å². The monoisotopic (exact) mass is 285 g/mol. The second-order valence-corrected chi connectivity index (χ2v) is 4.90. The van der Waals surface area contributed by atoms with Gasteiger partial charge in [0.1, 0.15) is 0 Å². The Hall–Kier alpha value is -0.840. The van der Waals surface area contributed by atoms with Gasteiger partial charge in [-0.25, -0.2) is 0 Å². The lowest BCUT2D eigenvalue weighted by atomic mass is 10.2. The third-order valence-corrected chi connectivity index (χ3v) is 3.81. The van der Waals surface area contributed by atoms with E-state index in [2.05, 4.69) is 21.0 Å². The molecule has 0 spiro atoms. The van der Waals surface area contributed by atoms with E-state index >= 15 is 0 Å². The van der Waals surface area contributed by atoms with E-state index in [0.29, 0.717) is 6.04 Å². The number of aryl methyl sites for hydroxylation is 2. The first kappa shape index (κ1) is 11.6. The summed E-state index contributed by atoms with van der Waals surface area (Å²) in [5, 5.41) is 5.07. The molecule has 0 bridgehead atoms. The zero-order chi connectivity index (χ0) is 11.7. The first-order chi connectivity index (χ1) is 7.63. The fourth-order valence-corrected chi connectivity index (χ4v) is 2.90. The van der Waals surface area contributed by atoms with E-state index in [1.54, 1.807) is 10.9 Å². The Labute approximate surface area is 104 Å². The molecule has 16 heavy (non-hydrogen) atoms. The Kier molecular flexibility index (Phi) is 3.33. The Bertz CT molecular complexity index is 402. The van der Waals surface area contributed by atoms with Gasteiger partial charge in [-0.05, 0) is 19.8 Å². The molecule has 2 heterocycles. The second kappa shape index (κ2) is 4.57. The summed E-state index contributed by atoms with van der Waals surface area (Å²) in [6.07, 6.45) is 4.00. The molecule has 1 amide bonds. The lowest BCUT2D eigenvalue weighted by molar-refractivity contribution is 0.0750. The standard InChI is InChI=1S/C11H16BrN3O/c1-8-10(7-14(2)13-8)11(16)15-5-3-4-9(15)6-12/h7,9H,3-6H2,1-2H3. The molecule has 0 saturated carbocycles. The van der Waals surface area contributed by atoms with Crippen molar-refractivity contribution in [1.82, 2.24) is 14.7 Å². The maximum Gasteiger partial charge on any atom is 0.257 e. The molecule has 1 aromatic heterocycles. The number of nitrogens with zero attached hydrogens (tertiary/aromatic N) is 3. The van der Waals surface area contributed by atoms with Gasteiger partial charge in [0.2, 0.25) is 0 Å². The highest BCUT2D eigenvalue weighted by atomic mass is 79.9. The van der Waals surface area contributed by atoms with Crippen molar-refractivity contribution in [2.24, 2.45) is 7.05 Å². The van der Waals surface area contributed by atoms with Crippen LogP contribution in [0.25, 0.3) is 0 Å². The van der Waals surface area contributed by atoms with E-state index in [1.807, 2.05) is 18.9 Å². The second-order valence-electron chi connectivity index (χ2n) is 4.25. The molecule has 1 unspecified atom stereocenters. The summed E-state index contributed by atoms with van der Waals surface area (Å²) in [6, 6.07) is 0.340. The SMILES string of the molecule is Cc1nn(C)cc1C(=O)N1CCCC1CBr. The molecule has 2 rings (SSSR count). The maximum atomic E-state index is 12.3. The van der Waals surface area contributed by atoms with Gasteiger partial charge in [0.25, 0.3) is 5.91 Å². The van der Waals surface area contributed by atoms with Crippen LogP contribution in [0.4, 0.5) is 0 Å². The van der Waals surface area contributed by atoms with E-state index in [1.165, 1.54) is 0 Å². The molecule has 4 nitrogen and oxygen atoms in total. The first-order valence-electron chi connectivity index (χ1n) is 5.50. The van der Waals surface area contributed by atoms with Gasteiger partial charge < -0.3 is 4.90 Å². The molecule has 88 valence electrons. The molecular formula is C11H16BrN3O. The molecule has 5 heteroatoms. The topological polar surface area (TPSA) is 38.1 Å². The maximum absolute atomic E-state index is 12.3. The Balaban J connectivity index is 2.21. The molecular weight excluding hydrogens is 270 g/mol. The zero-order valence-corrected chi connectivity index (χ0v) is 11.2. The van der Waals surface area contributed by atoms with Crippen molar-refractivity contribution in [3.8, 4) is 0 Å². The minimum atomic E-state index is 0.118. The van der Waals surface area contributed by atoms with Gasteiger partial charge in [-0.1, -0.05) is 15.9 Å². The number of alkyl halides is 1. The lowest BCUT2D eigenvalue weighted by Gasteiger charge is -2.22. The van der Waals surface area contributed by atoms with Gasteiger partial charge in [-0.15, -0.1) is 0 Å². The zero-order valence-electron chi connectivity index (χ0n) is 9.61. The number of rotatable bonds is 2. The van der Waals surface area contributed by atoms with Gasteiger partial charge >= 0.3 is 0 Å². The summed E-state index contributed by atoms with van der Waals surface area (Å²) < 4.78 is 1.70. The van der Waals surface area contributed by atoms with Crippen LogP contribution in [0.1, 0.15) is 28.9 Å². The normalized spacial score (nSPS) is 20.4. The van der Waals surface area contributed by atoms with Crippen LogP contribution in [0.2, 0.25) is 0 Å². The summed E-state index contributed by atoms with van der Waals surface area (Å²) in [5.41, 5.74) is 1.54. The third kappa shape index (κ3) is 2.00. The number of halogens is 1. The number of carbonyl (C=O) groups is 1. The summed E-state index contributed by atoms with van der Waals surface area (Å²) in [7, 11) is 1.84. The number of hydrogen-bond donors (Lipinski definition) is 0. The molecule has 1 fully saturated rings. The van der Waals surface area contributed by atoms with Crippen molar-refractivity contribution < 1.29 is 4.79 Å². The molecule has 1 atom stereocenters. The van der Waals surface area contributed by atoms with Crippen molar-refractivity contribution in [3.05, 3.63) is 17.5 Å². The van der Waals surface area contributed by atoms with Crippen molar-refractivity contribution in [1.29, 1.82) is 0 Å². The molecule has 1 aromatic rings. The van der Waals surface area contributed by atoms with Crippen LogP contribution < -0.4 is 0 Å². The van der Waals surface area contributed by atoms with Gasteiger partial charge in [0.05, 0.1) is 11.3 Å². The Morgan fingerprint density at radius 2 is 2.44 bits per heavy atom. The predicted octanol–water partition coefficient (Wildman–Crippen LogP) is 1.73. The Morgan fingerprint density at radius 3 is 3.00 bits per heavy atom. The summed E-state index contributed by atoms with van der Waals surface area (Å²) in [5.74, 6) is 0.118. The van der Waals surface area contributed by atoms with Gasteiger partial charge in [-0.3, -0.25) is 9.48 Å². The smallest absolute Gasteiger partial charge is 0.257 e. The number of likely N-dealkylation sites (tertiary alicyclic amines) is 1. The first-order valence-corrected chi connectivity index (χ1v) is 6.63. The van der Waals surface area contributed by atoms with Gasteiger partial charge in [0.15, 0.2) is 0 Å². The average Bonchev–Trinajstić information content (AvgIpc) is 2.83. The van der Waals surface area contributed by atoms with E-state index in [0.717, 1.165) is 36.0 Å². The van der Waals surface area contributed by atoms with Crippen LogP contribution in [-0.4, -0.2) is 38.5 Å². The minimum Gasteiger partial charge on any atom is -0.335 e. The van der Waals surface area contributed by atoms with Crippen molar-refractivity contribution in [3.63, 3.8) is 0 Å². The lowest BCUT2D eigenvalue weighted by Crippen LogP contribution is -2.36. The predicted molar refractivity (Wildman–Crippen MR) is 65.8 cm³/mol. The molecule has 1 saturated heterocycles. The fourth-order valence-electron chi connectivity index (χ4n) is 2.23. The molecule has 1 aliphatic rings. The quantitative estimate of drug-likeness (QED) is 0.777. The molecule has 0 aromatic carbocycles. The number of hydrogen-bond acceptors (Lipinski definition) is 2. The summed E-state index contributed by atoms with van der Waals surface area (Å²) in [6.45, 7) is 2.75. The fraction of sp³-hybridized carbons (Fsp3) is 0.636. The van der Waals surface area contributed by atoms with Crippen LogP contribution in [0.15, 0.2) is 6.20 Å². The highest BCUT2D eigenvalue weighted by Crippen LogP contribution is 2.22. The summed E-state index contributed by atoms with van der Waals surface area (Å²) in [4.78, 5) is 14.3. The van der Waals surface area contributed by atoms with Crippen LogP contribution in [0.5, 0.6) is 0 Å². The van der Waals surface area contributed by atoms with Crippen LogP contribution >= 0.6 is 15.9 Å². The average molecular weight is 286 g/mol. The Morgan fingerprint density at radius 1 is 1.69 bits per heavy atom. The van der Waals surface area contributed by atoms with Crippen molar-refractivity contribution in [2.45, 2.75) is 25.8 Å². The van der Waals surface area contributed by atoms with Gasteiger partial charge in [-0.2, -0.15) is 5.10 Å². The van der Waals surface area contributed by atoms with E-state index in [-0.39, 0.29) is 5.91 Å². The van der Waals surface area contributed by atoms with Crippen LogP contribution in [0, 0.1) is 6.92 Å². The third-order valence-electron chi connectivity index (χ3n) is 3.06. The van der Waals surface area contributed by atoms with E-state index in [9.17, 15) is 4.79 Å². The molecule has 0 radical (unpaired) electrons. The number of amides is 1.